The average molecular weight is 340 g/mol. The van der Waals surface area contributed by atoms with Crippen LogP contribution >= 0.6 is 0 Å². The number of nitrogens with two attached hydrogens (primary N) is 1. The quantitative estimate of drug-likeness (QED) is 0.606. The van der Waals surface area contributed by atoms with Crippen LogP contribution in [0, 0.1) is 11.3 Å². The molecule has 126 valence electrons. The van der Waals surface area contributed by atoms with Gasteiger partial charge in [-0.3, -0.25) is 4.98 Å². The Labute approximate surface area is 150 Å². The number of nitrogens with zero attached hydrogens (tertiary/aromatic N) is 3. The summed E-state index contributed by atoms with van der Waals surface area (Å²) >= 11 is 0. The molecule has 0 aliphatic rings. The van der Waals surface area contributed by atoms with Gasteiger partial charge in [0.1, 0.15) is 11.8 Å². The van der Waals surface area contributed by atoms with Crippen molar-refractivity contribution in [3.8, 4) is 17.3 Å². The predicted molar refractivity (Wildman–Crippen MR) is 99.0 cm³/mol. The zero-order valence-electron chi connectivity index (χ0n) is 14.0. The van der Waals surface area contributed by atoms with E-state index in [-0.39, 0.29) is 6.04 Å². The van der Waals surface area contributed by atoms with Gasteiger partial charge in [-0.05, 0) is 29.8 Å². The number of nitriles is 1. The van der Waals surface area contributed by atoms with Gasteiger partial charge in [0.05, 0.1) is 11.3 Å². The van der Waals surface area contributed by atoms with Gasteiger partial charge in [-0.1, -0.05) is 41.6 Å². The first-order valence-electron chi connectivity index (χ1n) is 8.31. The van der Waals surface area contributed by atoms with Crippen LogP contribution in [0.4, 0.5) is 0 Å². The number of hydrogen-bond acceptors (Lipinski definition) is 5. The van der Waals surface area contributed by atoms with Gasteiger partial charge in [-0.2, -0.15) is 5.26 Å². The summed E-state index contributed by atoms with van der Waals surface area (Å²) in [5.41, 5.74) is 11.1. The molecule has 2 aromatic carbocycles. The summed E-state index contributed by atoms with van der Waals surface area (Å²) in [4.78, 5) is 4.32. The average Bonchev–Trinajstić information content (AvgIpc) is 3.12. The van der Waals surface area contributed by atoms with Crippen molar-refractivity contribution in [2.24, 2.45) is 5.73 Å². The number of para-hydroxylation sites is 1. The van der Waals surface area contributed by atoms with Crippen molar-refractivity contribution in [1.82, 2.24) is 10.1 Å². The van der Waals surface area contributed by atoms with Gasteiger partial charge < -0.3 is 10.3 Å². The van der Waals surface area contributed by atoms with Crippen LogP contribution in [0.3, 0.4) is 0 Å². The maximum atomic E-state index is 9.27. The molecule has 4 rings (SSSR count). The van der Waals surface area contributed by atoms with Crippen LogP contribution < -0.4 is 5.73 Å². The molecule has 0 aliphatic carbocycles. The van der Waals surface area contributed by atoms with Gasteiger partial charge in [0.15, 0.2) is 5.58 Å². The summed E-state index contributed by atoms with van der Waals surface area (Å²) in [5.74, 6) is 0. The molecular formula is C21H16N4O. The first-order chi connectivity index (χ1) is 12.8. The minimum absolute atomic E-state index is 0.316. The van der Waals surface area contributed by atoms with E-state index < -0.39 is 0 Å². The Kier molecular flexibility index (Phi) is 4.18. The van der Waals surface area contributed by atoms with E-state index in [0.717, 1.165) is 27.8 Å². The highest BCUT2D eigenvalue weighted by atomic mass is 16.5. The number of aromatic nitrogens is 2. The number of fused-ring (bicyclic) bond motifs is 1. The van der Waals surface area contributed by atoms with E-state index in [2.05, 4.69) is 16.2 Å². The number of hydrogen-bond donors (Lipinski definition) is 1. The van der Waals surface area contributed by atoms with Gasteiger partial charge in [-0.15, -0.1) is 0 Å². The Hall–Kier alpha value is -3.49. The molecule has 0 spiro atoms. The molecule has 2 heterocycles. The Morgan fingerprint density at radius 1 is 1.04 bits per heavy atom. The van der Waals surface area contributed by atoms with Gasteiger partial charge in [-0.25, -0.2) is 0 Å². The molecule has 4 aromatic rings. The van der Waals surface area contributed by atoms with Crippen molar-refractivity contribution in [1.29, 1.82) is 5.26 Å². The van der Waals surface area contributed by atoms with Crippen molar-refractivity contribution >= 4 is 11.0 Å². The van der Waals surface area contributed by atoms with Crippen molar-refractivity contribution < 1.29 is 4.52 Å². The van der Waals surface area contributed by atoms with Gasteiger partial charge in [0.25, 0.3) is 0 Å². The van der Waals surface area contributed by atoms with E-state index in [9.17, 15) is 5.26 Å². The molecule has 26 heavy (non-hydrogen) atoms. The van der Waals surface area contributed by atoms with Crippen molar-refractivity contribution in [3.05, 3.63) is 83.7 Å². The summed E-state index contributed by atoms with van der Waals surface area (Å²) in [5, 5.41) is 14.5. The van der Waals surface area contributed by atoms with E-state index in [1.54, 1.807) is 18.3 Å². The fraction of sp³-hybridized carbons (Fsp3) is 0.0952. The molecule has 0 unspecified atom stereocenters. The smallest absolute Gasteiger partial charge is 0.167 e. The van der Waals surface area contributed by atoms with Gasteiger partial charge in [0, 0.05) is 29.6 Å². The van der Waals surface area contributed by atoms with E-state index in [1.165, 1.54) is 0 Å². The molecule has 2 N–H and O–H groups in total. The van der Waals surface area contributed by atoms with Crippen LogP contribution in [-0.4, -0.2) is 10.1 Å². The SMILES string of the molecule is N#Cc1cccnc1C[C@H](N)c1ccccc1-c1noc2ccccc12. The Morgan fingerprint density at radius 2 is 1.85 bits per heavy atom. The third-order valence-corrected chi connectivity index (χ3v) is 4.42. The Balaban J connectivity index is 1.75. The second-order valence-electron chi connectivity index (χ2n) is 6.03. The zero-order chi connectivity index (χ0) is 17.9. The molecule has 0 bridgehead atoms. The fourth-order valence-corrected chi connectivity index (χ4v) is 3.14. The van der Waals surface area contributed by atoms with Crippen molar-refractivity contribution in [2.45, 2.75) is 12.5 Å². The standard InChI is InChI=1S/C21H16N4O/c22-13-14-6-5-11-24-19(14)12-18(23)15-7-1-2-8-16(15)21-17-9-3-4-10-20(17)26-25-21/h1-11,18H,12,23H2/t18-/m0/s1. The largest absolute Gasteiger partial charge is 0.356 e. The molecule has 0 aliphatic heterocycles. The molecule has 0 saturated carbocycles. The highest BCUT2D eigenvalue weighted by molar-refractivity contribution is 5.92. The summed E-state index contributed by atoms with van der Waals surface area (Å²) in [6, 6.07) is 21.0. The molecule has 5 nitrogen and oxygen atoms in total. The Morgan fingerprint density at radius 3 is 2.73 bits per heavy atom. The normalized spacial score (nSPS) is 12.0. The first kappa shape index (κ1) is 16.0. The van der Waals surface area contributed by atoms with Crippen LogP contribution in [0.25, 0.3) is 22.2 Å². The van der Waals surface area contributed by atoms with Crippen molar-refractivity contribution in [3.63, 3.8) is 0 Å². The molecular weight excluding hydrogens is 324 g/mol. The van der Waals surface area contributed by atoms with Crippen LogP contribution in [0.15, 0.2) is 71.4 Å². The minimum Gasteiger partial charge on any atom is -0.356 e. The van der Waals surface area contributed by atoms with E-state index in [0.29, 0.717) is 17.7 Å². The first-order valence-corrected chi connectivity index (χ1v) is 8.31. The van der Waals surface area contributed by atoms with Crippen LogP contribution in [-0.2, 0) is 6.42 Å². The third-order valence-electron chi connectivity index (χ3n) is 4.42. The van der Waals surface area contributed by atoms with Crippen LogP contribution in [0.1, 0.15) is 22.9 Å². The molecule has 2 aromatic heterocycles. The van der Waals surface area contributed by atoms with Gasteiger partial charge in [0.2, 0.25) is 0 Å². The maximum absolute atomic E-state index is 9.27. The summed E-state index contributed by atoms with van der Waals surface area (Å²) in [6.07, 6.45) is 2.15. The van der Waals surface area contributed by atoms with Crippen LogP contribution in [0.2, 0.25) is 0 Å². The number of rotatable bonds is 4. The lowest BCUT2D eigenvalue weighted by Gasteiger charge is -2.16. The molecule has 5 heteroatoms. The highest BCUT2D eigenvalue weighted by Crippen LogP contribution is 2.33. The summed E-state index contributed by atoms with van der Waals surface area (Å²) < 4.78 is 5.45. The molecule has 0 saturated heterocycles. The monoisotopic (exact) mass is 340 g/mol. The fourth-order valence-electron chi connectivity index (χ4n) is 3.14. The second kappa shape index (κ2) is 6.79. The third kappa shape index (κ3) is 2.83. The summed E-state index contributed by atoms with van der Waals surface area (Å²) in [6.45, 7) is 0. The zero-order valence-corrected chi connectivity index (χ0v) is 14.0. The lowest BCUT2D eigenvalue weighted by Crippen LogP contribution is -2.16. The maximum Gasteiger partial charge on any atom is 0.167 e. The predicted octanol–water partition coefficient (Wildman–Crippen LogP) is 4.00. The minimum atomic E-state index is -0.316. The molecule has 0 amide bonds. The Bertz CT molecular complexity index is 1110. The van der Waals surface area contributed by atoms with E-state index in [1.807, 2.05) is 48.5 Å². The highest BCUT2D eigenvalue weighted by Gasteiger charge is 2.18. The van der Waals surface area contributed by atoms with E-state index in [4.69, 9.17) is 10.3 Å². The van der Waals surface area contributed by atoms with E-state index >= 15 is 0 Å². The molecule has 0 radical (unpaired) electrons. The molecule has 0 fully saturated rings. The second-order valence-corrected chi connectivity index (χ2v) is 6.03. The lowest BCUT2D eigenvalue weighted by molar-refractivity contribution is 0.459. The topological polar surface area (TPSA) is 88.7 Å². The summed E-state index contributed by atoms with van der Waals surface area (Å²) in [7, 11) is 0. The van der Waals surface area contributed by atoms with Crippen molar-refractivity contribution in [2.75, 3.05) is 0 Å². The van der Waals surface area contributed by atoms with Gasteiger partial charge >= 0.3 is 0 Å². The number of pyridine rings is 1. The number of benzene rings is 2. The van der Waals surface area contributed by atoms with Crippen LogP contribution in [0.5, 0.6) is 0 Å². The lowest BCUT2D eigenvalue weighted by atomic mass is 9.93. The molecule has 1 atom stereocenters.